The minimum Gasteiger partial charge on any atom is -0.493 e. The molecule has 208 valence electrons. The van der Waals surface area contributed by atoms with Crippen LogP contribution in [0.3, 0.4) is 0 Å². The highest BCUT2D eigenvalue weighted by molar-refractivity contribution is 5.74. The van der Waals surface area contributed by atoms with Crippen molar-refractivity contribution in [1.29, 1.82) is 0 Å². The molecule has 8 nitrogen and oxygen atoms in total. The first kappa shape index (κ1) is 27.9. The molecule has 2 aromatic rings. The van der Waals surface area contributed by atoms with E-state index in [0.29, 0.717) is 54.6 Å². The minimum atomic E-state index is -0.745. The van der Waals surface area contributed by atoms with Crippen LogP contribution in [0.15, 0.2) is 30.3 Å². The predicted octanol–water partition coefficient (Wildman–Crippen LogP) is 5.70. The molecule has 0 aromatic heterocycles. The second kappa shape index (κ2) is 12.2. The largest absolute Gasteiger partial charge is 0.493 e. The van der Waals surface area contributed by atoms with Gasteiger partial charge in [-0.15, -0.1) is 0 Å². The third kappa shape index (κ3) is 5.51. The summed E-state index contributed by atoms with van der Waals surface area (Å²) < 4.78 is 34.2. The number of carboxylic acid groups (broad SMARTS) is 1. The van der Waals surface area contributed by atoms with E-state index in [1.807, 2.05) is 30.3 Å². The summed E-state index contributed by atoms with van der Waals surface area (Å²) in [6.45, 7) is 0.524. The van der Waals surface area contributed by atoms with Crippen LogP contribution >= 0.6 is 0 Å². The molecular weight excluding hydrogens is 488 g/mol. The van der Waals surface area contributed by atoms with Gasteiger partial charge < -0.3 is 33.5 Å². The molecule has 0 unspecified atom stereocenters. The highest BCUT2D eigenvalue weighted by atomic mass is 16.5. The van der Waals surface area contributed by atoms with Crippen LogP contribution < -0.4 is 23.7 Å². The Morgan fingerprint density at radius 1 is 0.868 bits per heavy atom. The molecule has 38 heavy (non-hydrogen) atoms. The van der Waals surface area contributed by atoms with Gasteiger partial charge in [0.2, 0.25) is 5.75 Å². The van der Waals surface area contributed by atoms with Gasteiger partial charge in [0.1, 0.15) is 0 Å². The van der Waals surface area contributed by atoms with E-state index in [0.717, 1.165) is 36.8 Å². The highest BCUT2D eigenvalue weighted by Gasteiger charge is 2.48. The van der Waals surface area contributed by atoms with Gasteiger partial charge in [-0.05, 0) is 72.9 Å². The lowest BCUT2D eigenvalue weighted by atomic mass is 9.65. The van der Waals surface area contributed by atoms with Crippen molar-refractivity contribution in [3.63, 3.8) is 0 Å². The van der Waals surface area contributed by atoms with E-state index in [-0.39, 0.29) is 17.9 Å². The third-order valence-corrected chi connectivity index (χ3v) is 8.34. The maximum Gasteiger partial charge on any atom is 0.309 e. The summed E-state index contributed by atoms with van der Waals surface area (Å²) in [7, 11) is 8.01. The number of ether oxygens (including phenoxy) is 6. The van der Waals surface area contributed by atoms with Crippen molar-refractivity contribution in [1.82, 2.24) is 0 Å². The van der Waals surface area contributed by atoms with Gasteiger partial charge >= 0.3 is 5.97 Å². The smallest absolute Gasteiger partial charge is 0.309 e. The highest BCUT2D eigenvalue weighted by Crippen LogP contribution is 2.52. The molecule has 0 spiro atoms. The van der Waals surface area contributed by atoms with Crippen LogP contribution in [0.5, 0.6) is 28.7 Å². The van der Waals surface area contributed by atoms with Crippen molar-refractivity contribution in [2.24, 2.45) is 17.3 Å². The second-order valence-electron chi connectivity index (χ2n) is 10.4. The molecule has 1 aliphatic heterocycles. The Kier molecular flexibility index (Phi) is 8.92. The van der Waals surface area contributed by atoms with Crippen molar-refractivity contribution in [2.45, 2.75) is 51.0 Å². The van der Waals surface area contributed by atoms with Gasteiger partial charge in [0.25, 0.3) is 0 Å². The molecule has 1 saturated carbocycles. The maximum absolute atomic E-state index is 12.7. The first-order chi connectivity index (χ1) is 18.4. The fourth-order valence-electron chi connectivity index (χ4n) is 6.31. The summed E-state index contributed by atoms with van der Waals surface area (Å²) >= 11 is 0. The number of carboxylic acids is 1. The number of benzene rings is 2. The van der Waals surface area contributed by atoms with E-state index in [4.69, 9.17) is 28.4 Å². The normalized spacial score (nSPS) is 22.5. The van der Waals surface area contributed by atoms with Gasteiger partial charge in [-0.1, -0.05) is 25.3 Å². The molecule has 1 aliphatic carbocycles. The zero-order valence-corrected chi connectivity index (χ0v) is 23.1. The van der Waals surface area contributed by atoms with E-state index >= 15 is 0 Å². The molecule has 3 atom stereocenters. The van der Waals surface area contributed by atoms with E-state index in [1.165, 1.54) is 0 Å². The molecule has 4 rings (SSSR count). The maximum atomic E-state index is 12.7. The SMILES string of the molecule is COc1ccc(C[C@H]2CO[C@H](c3cc(OC)c(OC)c(OC)c3)[C@@H]2CC2(C(=O)O)CCCCC2)cc1OC. The summed E-state index contributed by atoms with van der Waals surface area (Å²) in [5, 5.41) is 10.4. The van der Waals surface area contributed by atoms with Crippen LogP contribution in [0, 0.1) is 17.3 Å². The monoisotopic (exact) mass is 528 g/mol. The first-order valence-electron chi connectivity index (χ1n) is 13.3. The lowest BCUT2D eigenvalue weighted by Gasteiger charge is -2.38. The minimum absolute atomic E-state index is 0.0138. The topological polar surface area (TPSA) is 92.7 Å². The lowest BCUT2D eigenvalue weighted by Crippen LogP contribution is -2.37. The Bertz CT molecular complexity index is 1080. The summed E-state index contributed by atoms with van der Waals surface area (Å²) in [5.74, 6) is 2.39. The Hall–Kier alpha value is -3.13. The average Bonchev–Trinajstić information content (AvgIpc) is 3.33. The van der Waals surface area contributed by atoms with Gasteiger partial charge in [-0.25, -0.2) is 0 Å². The zero-order valence-electron chi connectivity index (χ0n) is 23.1. The summed E-state index contributed by atoms with van der Waals surface area (Å²) in [4.78, 5) is 12.7. The molecule has 2 aliphatic rings. The molecule has 0 radical (unpaired) electrons. The van der Waals surface area contributed by atoms with Crippen LogP contribution in [0.1, 0.15) is 55.8 Å². The van der Waals surface area contributed by atoms with E-state index < -0.39 is 11.4 Å². The van der Waals surface area contributed by atoms with Crippen molar-refractivity contribution in [3.05, 3.63) is 41.5 Å². The third-order valence-electron chi connectivity index (χ3n) is 8.34. The van der Waals surface area contributed by atoms with Gasteiger partial charge in [-0.3, -0.25) is 4.79 Å². The van der Waals surface area contributed by atoms with E-state index in [9.17, 15) is 9.90 Å². The Morgan fingerprint density at radius 2 is 1.50 bits per heavy atom. The number of aliphatic carboxylic acids is 1. The van der Waals surface area contributed by atoms with Gasteiger partial charge in [0, 0.05) is 0 Å². The lowest BCUT2D eigenvalue weighted by molar-refractivity contribution is -0.153. The zero-order chi connectivity index (χ0) is 27.3. The number of methoxy groups -OCH3 is 5. The van der Waals surface area contributed by atoms with Crippen molar-refractivity contribution in [3.8, 4) is 28.7 Å². The van der Waals surface area contributed by atoms with Gasteiger partial charge in [0.05, 0.1) is 53.7 Å². The molecule has 2 fully saturated rings. The van der Waals surface area contributed by atoms with Crippen LogP contribution in [0.2, 0.25) is 0 Å². The molecule has 1 saturated heterocycles. The number of hydrogen-bond donors (Lipinski definition) is 1. The Morgan fingerprint density at radius 3 is 2.05 bits per heavy atom. The quantitative estimate of drug-likeness (QED) is 0.397. The standard InChI is InChI=1S/C30H40O8/c1-33-23-10-9-19(14-24(23)34-2)13-21-18-38-27(20-15-25(35-3)28(37-5)26(16-20)36-4)22(21)17-30(29(31)32)11-7-6-8-12-30/h9-10,14-16,21-22,27H,6-8,11-13,17-18H2,1-5H3,(H,31,32)/t21-,22+,27+/m0/s1. The fourth-order valence-corrected chi connectivity index (χ4v) is 6.31. The van der Waals surface area contributed by atoms with Crippen LogP contribution in [0.4, 0.5) is 0 Å². The van der Waals surface area contributed by atoms with Crippen molar-refractivity contribution < 1.29 is 38.3 Å². The van der Waals surface area contributed by atoms with Crippen LogP contribution in [0.25, 0.3) is 0 Å². The second-order valence-corrected chi connectivity index (χ2v) is 10.4. The Balaban J connectivity index is 1.72. The average molecular weight is 529 g/mol. The molecular formula is C30H40O8. The molecule has 2 aromatic carbocycles. The summed E-state index contributed by atoms with van der Waals surface area (Å²) in [6, 6.07) is 9.79. The van der Waals surface area contributed by atoms with Gasteiger partial charge in [0.15, 0.2) is 23.0 Å². The number of carbonyl (C=O) groups is 1. The number of hydrogen-bond acceptors (Lipinski definition) is 7. The molecule has 0 amide bonds. The van der Waals surface area contributed by atoms with Crippen molar-refractivity contribution in [2.75, 3.05) is 42.2 Å². The van der Waals surface area contributed by atoms with Crippen LogP contribution in [-0.4, -0.2) is 53.2 Å². The molecule has 0 bridgehead atoms. The predicted molar refractivity (Wildman–Crippen MR) is 143 cm³/mol. The van der Waals surface area contributed by atoms with E-state index in [2.05, 4.69) is 0 Å². The van der Waals surface area contributed by atoms with Crippen LogP contribution in [-0.2, 0) is 16.0 Å². The molecule has 8 heteroatoms. The first-order valence-corrected chi connectivity index (χ1v) is 13.3. The van der Waals surface area contributed by atoms with Crippen molar-refractivity contribution >= 4 is 5.97 Å². The van der Waals surface area contributed by atoms with E-state index in [1.54, 1.807) is 35.5 Å². The van der Waals surface area contributed by atoms with Gasteiger partial charge in [-0.2, -0.15) is 0 Å². The summed E-state index contributed by atoms with van der Waals surface area (Å²) in [6.07, 6.45) is 5.36. The number of rotatable bonds is 11. The molecule has 1 N–H and O–H groups in total. The Labute approximate surface area is 225 Å². The summed E-state index contributed by atoms with van der Waals surface area (Å²) in [5.41, 5.74) is 1.25. The molecule has 1 heterocycles. The fraction of sp³-hybridized carbons (Fsp3) is 0.567.